The number of carboxylic acid groups (broad SMARTS) is 1. The van der Waals surface area contributed by atoms with Gasteiger partial charge in [0.05, 0.1) is 0 Å². The fourth-order valence-electron chi connectivity index (χ4n) is 2.53. The standard InChI is InChI=1S/C13H23N3O3S/c17-11-12-16-9(8-20-12)5-3-1-2-4-6-14-10(7-15-11)13(18)19/h9-10,12,14,16H,1-8H2,(H,15,17)(H,18,19). The van der Waals surface area contributed by atoms with Crippen molar-refractivity contribution in [2.75, 3.05) is 18.8 Å². The van der Waals surface area contributed by atoms with E-state index in [1.165, 1.54) is 6.42 Å². The summed E-state index contributed by atoms with van der Waals surface area (Å²) in [6, 6.07) is -0.295. The molecule has 0 aromatic rings. The molecular weight excluding hydrogens is 278 g/mol. The highest BCUT2D eigenvalue weighted by molar-refractivity contribution is 8.00. The molecule has 4 N–H and O–H groups in total. The number of aliphatic carboxylic acids is 1. The molecule has 2 rings (SSSR count). The van der Waals surface area contributed by atoms with Crippen molar-refractivity contribution in [3.8, 4) is 0 Å². The van der Waals surface area contributed by atoms with Crippen LogP contribution in [0.3, 0.4) is 0 Å². The van der Waals surface area contributed by atoms with Crippen molar-refractivity contribution in [1.82, 2.24) is 16.0 Å². The third-order valence-electron chi connectivity index (χ3n) is 3.74. The Morgan fingerprint density at radius 3 is 2.85 bits per heavy atom. The van der Waals surface area contributed by atoms with Gasteiger partial charge in [-0.05, 0) is 19.4 Å². The van der Waals surface area contributed by atoms with E-state index in [4.69, 9.17) is 5.11 Å². The lowest BCUT2D eigenvalue weighted by Crippen LogP contribution is -2.50. The molecule has 2 aliphatic rings. The summed E-state index contributed by atoms with van der Waals surface area (Å²) in [5.41, 5.74) is 0. The highest BCUT2D eigenvalue weighted by atomic mass is 32.2. The summed E-state index contributed by atoms with van der Waals surface area (Å²) in [6.07, 6.45) is 5.54. The Labute approximate surface area is 123 Å². The number of carbonyl (C=O) groups excluding carboxylic acids is 1. The van der Waals surface area contributed by atoms with Gasteiger partial charge in [0.1, 0.15) is 11.4 Å². The van der Waals surface area contributed by atoms with Crippen LogP contribution in [-0.2, 0) is 9.59 Å². The average molecular weight is 301 g/mol. The second kappa shape index (κ2) is 7.85. The molecule has 2 heterocycles. The zero-order chi connectivity index (χ0) is 14.4. The number of hydrogen-bond donors (Lipinski definition) is 4. The van der Waals surface area contributed by atoms with Crippen molar-refractivity contribution in [2.45, 2.75) is 49.6 Å². The first-order valence-corrected chi connectivity index (χ1v) is 8.33. The van der Waals surface area contributed by atoms with Gasteiger partial charge in [-0.3, -0.25) is 14.9 Å². The van der Waals surface area contributed by atoms with Crippen LogP contribution in [0.4, 0.5) is 0 Å². The van der Waals surface area contributed by atoms with Crippen LogP contribution in [0.5, 0.6) is 0 Å². The molecular formula is C13H23N3O3S. The summed E-state index contributed by atoms with van der Waals surface area (Å²) in [5.74, 6) is -0.0662. The zero-order valence-corrected chi connectivity index (χ0v) is 12.4. The quantitative estimate of drug-likeness (QED) is 0.551. The second-order valence-electron chi connectivity index (χ2n) is 5.37. The van der Waals surface area contributed by atoms with Crippen molar-refractivity contribution >= 4 is 23.6 Å². The predicted molar refractivity (Wildman–Crippen MR) is 78.7 cm³/mol. The second-order valence-corrected chi connectivity index (χ2v) is 6.51. The van der Waals surface area contributed by atoms with E-state index < -0.39 is 12.0 Å². The molecule has 2 saturated heterocycles. The van der Waals surface area contributed by atoms with Gasteiger partial charge in [-0.25, -0.2) is 0 Å². The first-order valence-electron chi connectivity index (χ1n) is 7.28. The van der Waals surface area contributed by atoms with E-state index in [1.807, 2.05) is 0 Å². The Hall–Kier alpha value is -0.790. The summed E-state index contributed by atoms with van der Waals surface area (Å²) < 4.78 is 0. The monoisotopic (exact) mass is 301 g/mol. The van der Waals surface area contributed by atoms with E-state index in [1.54, 1.807) is 11.8 Å². The van der Waals surface area contributed by atoms with Gasteiger partial charge in [0.2, 0.25) is 5.91 Å². The van der Waals surface area contributed by atoms with Crippen LogP contribution in [0.15, 0.2) is 0 Å². The van der Waals surface area contributed by atoms with Crippen molar-refractivity contribution in [2.24, 2.45) is 0 Å². The van der Waals surface area contributed by atoms with E-state index >= 15 is 0 Å². The first kappa shape index (κ1) is 15.6. The molecule has 3 unspecified atom stereocenters. The number of hydrogen-bond acceptors (Lipinski definition) is 5. The number of nitrogens with one attached hydrogen (secondary N) is 3. The Kier molecular flexibility index (Phi) is 6.12. The van der Waals surface area contributed by atoms with Gasteiger partial charge in [-0.2, -0.15) is 0 Å². The molecule has 0 radical (unpaired) electrons. The maximum atomic E-state index is 12.0. The first-order chi connectivity index (χ1) is 9.66. The van der Waals surface area contributed by atoms with Gasteiger partial charge >= 0.3 is 5.97 Å². The number of fused-ring (bicyclic) bond motifs is 2. The summed E-state index contributed by atoms with van der Waals surface area (Å²) in [5, 5.41) is 17.9. The minimum Gasteiger partial charge on any atom is -0.480 e. The minimum absolute atomic E-state index is 0.109. The summed E-state index contributed by atoms with van der Waals surface area (Å²) in [4.78, 5) is 23.1. The van der Waals surface area contributed by atoms with E-state index in [2.05, 4.69) is 16.0 Å². The predicted octanol–water partition coefficient (Wildman–Crippen LogP) is 0.141. The van der Waals surface area contributed by atoms with Crippen molar-refractivity contribution in [3.63, 3.8) is 0 Å². The molecule has 2 bridgehead atoms. The Bertz CT molecular complexity index is 354. The van der Waals surface area contributed by atoms with Gasteiger partial charge in [-0.15, -0.1) is 11.8 Å². The molecule has 0 spiro atoms. The van der Waals surface area contributed by atoms with Crippen LogP contribution in [0.25, 0.3) is 0 Å². The zero-order valence-electron chi connectivity index (χ0n) is 11.6. The van der Waals surface area contributed by atoms with Crippen molar-refractivity contribution in [3.05, 3.63) is 0 Å². The normalized spacial score (nSPS) is 33.2. The van der Waals surface area contributed by atoms with Gasteiger partial charge in [0.15, 0.2) is 0 Å². The Balaban J connectivity index is 1.91. The minimum atomic E-state index is -0.915. The Morgan fingerprint density at radius 2 is 2.05 bits per heavy atom. The lowest BCUT2D eigenvalue weighted by Gasteiger charge is -2.18. The molecule has 0 aliphatic carbocycles. The number of rotatable bonds is 1. The number of carboxylic acids is 1. The lowest BCUT2D eigenvalue weighted by molar-refractivity contribution is -0.139. The van der Waals surface area contributed by atoms with Crippen LogP contribution in [-0.4, -0.2) is 53.3 Å². The van der Waals surface area contributed by atoms with E-state index in [9.17, 15) is 9.59 Å². The van der Waals surface area contributed by atoms with Crippen molar-refractivity contribution < 1.29 is 14.7 Å². The highest BCUT2D eigenvalue weighted by Crippen LogP contribution is 2.22. The third-order valence-corrected chi connectivity index (χ3v) is 5.02. The van der Waals surface area contributed by atoms with Crippen LogP contribution in [0, 0.1) is 0 Å². The highest BCUT2D eigenvalue weighted by Gasteiger charge is 2.30. The summed E-state index contributed by atoms with van der Waals surface area (Å²) in [6.45, 7) is 0.824. The van der Waals surface area contributed by atoms with Gasteiger partial charge < -0.3 is 15.7 Å². The molecule has 2 fully saturated rings. The van der Waals surface area contributed by atoms with Gasteiger partial charge in [-0.1, -0.05) is 19.3 Å². The SMILES string of the molecule is O=C(O)C1CNC(=O)C2NC(CCCCCCN1)CS2. The maximum absolute atomic E-state index is 12.0. The molecule has 6 nitrogen and oxygen atoms in total. The Morgan fingerprint density at radius 1 is 1.25 bits per heavy atom. The molecule has 2 aliphatic heterocycles. The summed E-state index contributed by atoms with van der Waals surface area (Å²) >= 11 is 1.61. The molecule has 114 valence electrons. The van der Waals surface area contributed by atoms with Crippen LogP contribution in [0.1, 0.15) is 32.1 Å². The van der Waals surface area contributed by atoms with Crippen LogP contribution in [0.2, 0.25) is 0 Å². The van der Waals surface area contributed by atoms with Gasteiger partial charge in [0, 0.05) is 18.3 Å². The molecule has 0 aromatic carbocycles. The fraction of sp³-hybridized carbons (Fsp3) is 0.846. The molecule has 0 saturated carbocycles. The maximum Gasteiger partial charge on any atom is 0.322 e. The average Bonchev–Trinajstić information content (AvgIpc) is 2.88. The summed E-state index contributed by atoms with van der Waals surface area (Å²) in [7, 11) is 0. The van der Waals surface area contributed by atoms with E-state index in [0.29, 0.717) is 12.6 Å². The fourth-order valence-corrected chi connectivity index (χ4v) is 3.74. The topological polar surface area (TPSA) is 90.5 Å². The number of thioether (sulfide) groups is 1. The number of amides is 1. The molecule has 7 heteroatoms. The van der Waals surface area contributed by atoms with E-state index in [-0.39, 0.29) is 17.8 Å². The van der Waals surface area contributed by atoms with Crippen LogP contribution < -0.4 is 16.0 Å². The smallest absolute Gasteiger partial charge is 0.322 e. The molecule has 3 atom stereocenters. The number of carbonyl (C=O) groups is 2. The molecule has 0 aromatic heterocycles. The van der Waals surface area contributed by atoms with Crippen molar-refractivity contribution in [1.29, 1.82) is 0 Å². The van der Waals surface area contributed by atoms with Gasteiger partial charge in [0.25, 0.3) is 0 Å². The van der Waals surface area contributed by atoms with E-state index in [0.717, 1.165) is 31.4 Å². The largest absolute Gasteiger partial charge is 0.480 e. The lowest BCUT2D eigenvalue weighted by atomic mass is 10.1. The molecule has 20 heavy (non-hydrogen) atoms. The van der Waals surface area contributed by atoms with Crippen LogP contribution >= 0.6 is 11.8 Å². The third kappa shape index (κ3) is 4.64. The molecule has 1 amide bonds.